The molecule has 34 heavy (non-hydrogen) atoms. The third-order valence-electron chi connectivity index (χ3n) is 5.36. The summed E-state index contributed by atoms with van der Waals surface area (Å²) in [4.78, 5) is 26.9. The van der Waals surface area contributed by atoms with E-state index in [2.05, 4.69) is 5.32 Å². The van der Waals surface area contributed by atoms with E-state index in [1.165, 1.54) is 16.3 Å². The van der Waals surface area contributed by atoms with Crippen LogP contribution in [0.1, 0.15) is 30.9 Å². The van der Waals surface area contributed by atoms with Crippen LogP contribution in [0.2, 0.25) is 15.1 Å². The number of hydrogen-bond donors (Lipinski definition) is 1. The fourth-order valence-corrected chi connectivity index (χ4v) is 5.11. The zero-order valence-electron chi connectivity index (χ0n) is 19.4. The Labute approximate surface area is 216 Å². The Kier molecular flexibility index (Phi) is 10.1. The number of rotatable bonds is 10. The molecule has 11 heteroatoms. The maximum Gasteiger partial charge on any atom is 0.242 e. The Hall–Kier alpha value is -2.00. The summed E-state index contributed by atoms with van der Waals surface area (Å²) in [5, 5.41) is 3.81. The quantitative estimate of drug-likeness (QED) is 0.468. The number of halogens is 3. The fourth-order valence-electron chi connectivity index (χ4n) is 3.46. The van der Waals surface area contributed by atoms with Crippen LogP contribution in [0.5, 0.6) is 0 Å². The second-order valence-corrected chi connectivity index (χ2v) is 11.1. The van der Waals surface area contributed by atoms with Gasteiger partial charge < -0.3 is 10.2 Å². The summed E-state index contributed by atoms with van der Waals surface area (Å²) >= 11 is 18.3. The number of aryl methyl sites for hydroxylation is 1. The molecule has 0 aliphatic rings. The van der Waals surface area contributed by atoms with Crippen LogP contribution < -0.4 is 9.62 Å². The van der Waals surface area contributed by atoms with Gasteiger partial charge >= 0.3 is 0 Å². The maximum absolute atomic E-state index is 13.2. The highest BCUT2D eigenvalue weighted by Gasteiger charge is 2.27. The molecule has 0 spiro atoms. The molecule has 0 heterocycles. The lowest BCUT2D eigenvalue weighted by atomic mass is 10.1. The van der Waals surface area contributed by atoms with Gasteiger partial charge in [0, 0.05) is 41.6 Å². The summed E-state index contributed by atoms with van der Waals surface area (Å²) in [6, 6.07) is 9.19. The standard InChI is InChI=1S/C23H28Cl3N3O4S/c1-15-7-9-19(25)13-21(15)29(34(4,32)33)11-5-6-22(30)28(16(2)23(31)27-3)14-17-8-10-18(24)12-20(17)26/h7-10,12-13,16H,5-6,11,14H2,1-4H3,(H,27,31). The second kappa shape index (κ2) is 12.1. The van der Waals surface area contributed by atoms with Crippen molar-refractivity contribution < 1.29 is 18.0 Å². The smallest absolute Gasteiger partial charge is 0.242 e. The number of benzene rings is 2. The lowest BCUT2D eigenvalue weighted by Crippen LogP contribution is -2.46. The van der Waals surface area contributed by atoms with Gasteiger partial charge in [0.2, 0.25) is 21.8 Å². The molecule has 1 N–H and O–H groups in total. The zero-order chi connectivity index (χ0) is 25.6. The molecular weight excluding hydrogens is 521 g/mol. The number of sulfonamides is 1. The van der Waals surface area contributed by atoms with Gasteiger partial charge in [-0.15, -0.1) is 0 Å². The van der Waals surface area contributed by atoms with Crippen molar-refractivity contribution in [2.24, 2.45) is 0 Å². The number of amides is 2. The highest BCUT2D eigenvalue weighted by atomic mass is 35.5. The van der Waals surface area contributed by atoms with Gasteiger partial charge in [-0.3, -0.25) is 13.9 Å². The van der Waals surface area contributed by atoms with Crippen molar-refractivity contribution in [1.82, 2.24) is 10.2 Å². The Balaban J connectivity index is 2.21. The van der Waals surface area contributed by atoms with Gasteiger partial charge in [-0.05, 0) is 55.7 Å². The summed E-state index contributed by atoms with van der Waals surface area (Å²) in [6.07, 6.45) is 1.37. The summed E-state index contributed by atoms with van der Waals surface area (Å²) < 4.78 is 26.2. The minimum Gasteiger partial charge on any atom is -0.357 e. The van der Waals surface area contributed by atoms with Crippen LogP contribution in [0.3, 0.4) is 0 Å². The van der Waals surface area contributed by atoms with E-state index in [1.54, 1.807) is 50.2 Å². The number of nitrogens with one attached hydrogen (secondary N) is 1. The fraction of sp³-hybridized carbons (Fsp3) is 0.391. The van der Waals surface area contributed by atoms with Crippen LogP contribution >= 0.6 is 34.8 Å². The summed E-state index contributed by atoms with van der Waals surface area (Å²) in [5.41, 5.74) is 1.85. The van der Waals surface area contributed by atoms with Gasteiger partial charge in [-0.1, -0.05) is 46.9 Å². The van der Waals surface area contributed by atoms with Crippen molar-refractivity contribution >= 4 is 62.3 Å². The average Bonchev–Trinajstić information content (AvgIpc) is 2.76. The maximum atomic E-state index is 13.2. The van der Waals surface area contributed by atoms with E-state index < -0.39 is 16.1 Å². The topological polar surface area (TPSA) is 86.8 Å². The van der Waals surface area contributed by atoms with Crippen molar-refractivity contribution in [1.29, 1.82) is 0 Å². The van der Waals surface area contributed by atoms with Crippen LogP contribution in [0.15, 0.2) is 36.4 Å². The summed E-state index contributed by atoms with van der Waals surface area (Å²) in [5.74, 6) is -0.635. The number of carbonyl (C=O) groups excluding carboxylic acids is 2. The lowest BCUT2D eigenvalue weighted by Gasteiger charge is -2.29. The van der Waals surface area contributed by atoms with Gasteiger partial charge in [0.1, 0.15) is 6.04 Å². The molecule has 2 rings (SSSR count). The monoisotopic (exact) mass is 547 g/mol. The Bertz CT molecular complexity index is 1160. The first-order chi connectivity index (χ1) is 15.8. The van der Waals surface area contributed by atoms with Crippen LogP contribution in [-0.4, -0.2) is 51.0 Å². The van der Waals surface area contributed by atoms with E-state index in [0.29, 0.717) is 26.3 Å². The summed E-state index contributed by atoms with van der Waals surface area (Å²) in [7, 11) is -2.12. The zero-order valence-corrected chi connectivity index (χ0v) is 22.5. The Morgan fingerprint density at radius 2 is 1.68 bits per heavy atom. The van der Waals surface area contributed by atoms with Crippen molar-refractivity contribution in [2.45, 2.75) is 39.3 Å². The number of carbonyl (C=O) groups is 2. The van der Waals surface area contributed by atoms with Gasteiger partial charge in [-0.2, -0.15) is 0 Å². The minimum absolute atomic E-state index is 0.0260. The highest BCUT2D eigenvalue weighted by Crippen LogP contribution is 2.27. The minimum atomic E-state index is -3.61. The number of anilines is 1. The molecule has 2 aromatic rings. The van der Waals surface area contributed by atoms with Gasteiger partial charge in [0.05, 0.1) is 11.9 Å². The first-order valence-electron chi connectivity index (χ1n) is 10.5. The molecule has 1 atom stereocenters. The number of nitrogens with zero attached hydrogens (tertiary/aromatic N) is 2. The first kappa shape index (κ1) is 28.2. The third-order valence-corrected chi connectivity index (χ3v) is 7.36. The molecule has 0 bridgehead atoms. The molecule has 2 aromatic carbocycles. The average molecular weight is 549 g/mol. The van der Waals surface area contributed by atoms with Crippen molar-refractivity contribution in [3.8, 4) is 0 Å². The molecule has 0 radical (unpaired) electrons. The molecule has 0 aromatic heterocycles. The molecule has 0 saturated carbocycles. The predicted molar refractivity (Wildman–Crippen MR) is 138 cm³/mol. The number of likely N-dealkylation sites (N-methyl/N-ethyl adjacent to an activating group) is 1. The second-order valence-electron chi connectivity index (χ2n) is 7.92. The Morgan fingerprint density at radius 1 is 1.06 bits per heavy atom. The van der Waals surface area contributed by atoms with Crippen LogP contribution in [0, 0.1) is 6.92 Å². The van der Waals surface area contributed by atoms with E-state index in [0.717, 1.165) is 11.8 Å². The van der Waals surface area contributed by atoms with Crippen LogP contribution in [0.25, 0.3) is 0 Å². The molecule has 0 fully saturated rings. The molecule has 1 unspecified atom stereocenters. The Morgan fingerprint density at radius 3 is 2.26 bits per heavy atom. The molecule has 7 nitrogen and oxygen atoms in total. The van der Waals surface area contributed by atoms with E-state index in [-0.39, 0.29) is 37.7 Å². The SMILES string of the molecule is CNC(=O)C(C)N(Cc1ccc(Cl)cc1Cl)C(=O)CCCN(c1cc(Cl)ccc1C)S(C)(=O)=O. The van der Waals surface area contributed by atoms with Crippen molar-refractivity contribution in [3.63, 3.8) is 0 Å². The summed E-state index contributed by atoms with van der Waals surface area (Å²) in [6.45, 7) is 3.60. The largest absolute Gasteiger partial charge is 0.357 e. The lowest BCUT2D eigenvalue weighted by molar-refractivity contribution is -0.140. The molecule has 0 saturated heterocycles. The molecular formula is C23H28Cl3N3O4S. The van der Waals surface area contributed by atoms with Gasteiger partial charge in [-0.25, -0.2) is 8.42 Å². The van der Waals surface area contributed by atoms with Gasteiger partial charge in [0.15, 0.2) is 0 Å². The molecule has 2 amide bonds. The van der Waals surface area contributed by atoms with E-state index in [1.807, 2.05) is 0 Å². The molecule has 0 aliphatic heterocycles. The highest BCUT2D eigenvalue weighted by molar-refractivity contribution is 7.92. The van der Waals surface area contributed by atoms with Crippen LogP contribution in [0.4, 0.5) is 5.69 Å². The third kappa shape index (κ3) is 7.50. The normalized spacial score (nSPS) is 12.2. The van der Waals surface area contributed by atoms with E-state index >= 15 is 0 Å². The van der Waals surface area contributed by atoms with Crippen molar-refractivity contribution in [2.75, 3.05) is 24.2 Å². The first-order valence-corrected chi connectivity index (χ1v) is 13.5. The molecule has 186 valence electrons. The predicted octanol–water partition coefficient (Wildman–Crippen LogP) is 4.66. The van der Waals surface area contributed by atoms with Crippen LogP contribution in [-0.2, 0) is 26.2 Å². The van der Waals surface area contributed by atoms with E-state index in [9.17, 15) is 18.0 Å². The van der Waals surface area contributed by atoms with Gasteiger partial charge in [0.25, 0.3) is 0 Å². The molecule has 0 aliphatic carbocycles. The number of hydrogen-bond acceptors (Lipinski definition) is 4. The van der Waals surface area contributed by atoms with E-state index in [4.69, 9.17) is 34.8 Å². The van der Waals surface area contributed by atoms with Crippen molar-refractivity contribution in [3.05, 3.63) is 62.6 Å².